The first kappa shape index (κ1) is 23.4. The van der Waals surface area contributed by atoms with Gasteiger partial charge in [0.2, 0.25) is 6.54 Å². The fourth-order valence-corrected chi connectivity index (χ4v) is 4.48. The highest BCUT2D eigenvalue weighted by atomic mass is 32.2. The van der Waals surface area contributed by atoms with Gasteiger partial charge in [-0.3, -0.25) is 14.7 Å². The SMILES string of the molecule is Cc1nnc(S[C@H](C[N+](=O)[O-])c2ccc(OCc3ccc(F)cc3)cc2)n1-c1ccc(F)cc1. The molecule has 0 N–H and O–H groups in total. The number of benzene rings is 3. The topological polar surface area (TPSA) is 83.1 Å². The molecule has 0 aliphatic carbocycles. The number of rotatable bonds is 9. The van der Waals surface area contributed by atoms with Crippen LogP contribution in [-0.4, -0.2) is 26.2 Å². The second-order valence-electron chi connectivity index (χ2n) is 7.45. The summed E-state index contributed by atoms with van der Waals surface area (Å²) in [5.74, 6) is 0.492. The van der Waals surface area contributed by atoms with Crippen LogP contribution in [0.1, 0.15) is 22.2 Å². The number of hydrogen-bond donors (Lipinski definition) is 0. The molecule has 0 aliphatic rings. The van der Waals surface area contributed by atoms with Gasteiger partial charge in [0.15, 0.2) is 5.16 Å². The van der Waals surface area contributed by atoms with Gasteiger partial charge in [-0.25, -0.2) is 8.78 Å². The Morgan fingerprint density at radius 2 is 1.59 bits per heavy atom. The first-order valence-electron chi connectivity index (χ1n) is 10.3. The zero-order valence-electron chi connectivity index (χ0n) is 18.1. The minimum atomic E-state index is -0.538. The van der Waals surface area contributed by atoms with Crippen LogP contribution in [0, 0.1) is 28.7 Å². The smallest absolute Gasteiger partial charge is 0.220 e. The van der Waals surface area contributed by atoms with Crippen molar-refractivity contribution in [1.82, 2.24) is 14.8 Å². The summed E-state index contributed by atoms with van der Waals surface area (Å²) in [6.07, 6.45) is 0. The summed E-state index contributed by atoms with van der Waals surface area (Å²) in [5.41, 5.74) is 2.21. The Labute approximate surface area is 198 Å². The number of nitrogens with zero attached hydrogens (tertiary/aromatic N) is 4. The molecule has 3 aromatic carbocycles. The molecule has 34 heavy (non-hydrogen) atoms. The summed E-state index contributed by atoms with van der Waals surface area (Å²) in [4.78, 5) is 11.0. The van der Waals surface area contributed by atoms with Crippen molar-refractivity contribution in [2.24, 2.45) is 0 Å². The van der Waals surface area contributed by atoms with E-state index in [4.69, 9.17) is 4.74 Å². The predicted octanol–water partition coefficient (Wildman–Crippen LogP) is 5.54. The molecule has 4 rings (SSSR count). The number of hydrogen-bond acceptors (Lipinski definition) is 6. The average molecular weight is 483 g/mol. The Balaban J connectivity index is 1.52. The molecule has 10 heteroatoms. The van der Waals surface area contributed by atoms with Crippen molar-refractivity contribution in [3.05, 3.63) is 111 Å². The van der Waals surface area contributed by atoms with Crippen molar-refractivity contribution < 1.29 is 18.4 Å². The van der Waals surface area contributed by atoms with E-state index in [1.165, 1.54) is 36.0 Å². The highest BCUT2D eigenvalue weighted by Gasteiger charge is 2.24. The number of aromatic nitrogens is 3. The van der Waals surface area contributed by atoms with Crippen LogP contribution in [0.25, 0.3) is 5.69 Å². The van der Waals surface area contributed by atoms with E-state index in [9.17, 15) is 18.9 Å². The number of aryl methyl sites for hydroxylation is 1. The molecular weight excluding hydrogens is 462 g/mol. The van der Waals surface area contributed by atoms with E-state index in [-0.39, 0.29) is 29.7 Å². The minimum absolute atomic E-state index is 0.271. The molecule has 7 nitrogen and oxygen atoms in total. The van der Waals surface area contributed by atoms with Crippen LogP contribution in [0.5, 0.6) is 5.75 Å². The normalized spacial score (nSPS) is 11.9. The van der Waals surface area contributed by atoms with Gasteiger partial charge in [-0.05, 0) is 66.6 Å². The van der Waals surface area contributed by atoms with Crippen LogP contribution in [0.4, 0.5) is 8.78 Å². The second-order valence-corrected chi connectivity index (χ2v) is 8.62. The minimum Gasteiger partial charge on any atom is -0.489 e. The van der Waals surface area contributed by atoms with Gasteiger partial charge < -0.3 is 4.74 Å². The molecule has 0 aliphatic heterocycles. The van der Waals surface area contributed by atoms with E-state index >= 15 is 0 Å². The van der Waals surface area contributed by atoms with Gasteiger partial charge in [0, 0.05) is 10.6 Å². The standard InChI is InChI=1S/C24H20F2N4O3S/c1-16-27-28-24(30(16)21-10-8-20(26)9-11-21)34-23(14-29(31)32)18-4-12-22(13-5-18)33-15-17-2-6-19(25)7-3-17/h2-13,23H,14-15H2,1H3/t23-/m1/s1. The second kappa shape index (κ2) is 10.4. The maximum absolute atomic E-state index is 13.4. The molecule has 0 spiro atoms. The van der Waals surface area contributed by atoms with Crippen LogP contribution in [0.2, 0.25) is 0 Å². The fourth-order valence-electron chi connectivity index (χ4n) is 3.31. The van der Waals surface area contributed by atoms with Gasteiger partial charge in [-0.2, -0.15) is 0 Å². The van der Waals surface area contributed by atoms with Crippen molar-refractivity contribution in [1.29, 1.82) is 0 Å². The Morgan fingerprint density at radius 1 is 0.971 bits per heavy atom. The van der Waals surface area contributed by atoms with Gasteiger partial charge >= 0.3 is 0 Å². The van der Waals surface area contributed by atoms with Crippen LogP contribution < -0.4 is 4.74 Å². The van der Waals surface area contributed by atoms with Gasteiger partial charge in [0.25, 0.3) is 0 Å². The molecule has 4 aromatic rings. The number of nitro groups is 1. The Bertz CT molecular complexity index is 1260. The molecular formula is C24H20F2N4O3S. The van der Waals surface area contributed by atoms with Gasteiger partial charge in [0.1, 0.15) is 35.1 Å². The number of ether oxygens (including phenoxy) is 1. The van der Waals surface area contributed by atoms with E-state index < -0.39 is 5.25 Å². The zero-order valence-corrected chi connectivity index (χ0v) is 18.9. The third kappa shape index (κ3) is 5.76. The van der Waals surface area contributed by atoms with Gasteiger partial charge in [-0.15, -0.1) is 10.2 Å². The molecule has 0 amide bonds. The quantitative estimate of drug-likeness (QED) is 0.177. The van der Waals surface area contributed by atoms with Crippen molar-refractivity contribution in [2.75, 3.05) is 6.54 Å². The highest BCUT2D eigenvalue weighted by Crippen LogP contribution is 2.36. The van der Waals surface area contributed by atoms with Crippen LogP contribution in [0.3, 0.4) is 0 Å². The summed E-state index contributed by atoms with van der Waals surface area (Å²) in [7, 11) is 0. The molecule has 174 valence electrons. The summed E-state index contributed by atoms with van der Waals surface area (Å²) < 4.78 is 33.9. The summed E-state index contributed by atoms with van der Waals surface area (Å²) >= 11 is 1.21. The maximum atomic E-state index is 13.4. The molecule has 0 unspecified atom stereocenters. The largest absolute Gasteiger partial charge is 0.489 e. The highest BCUT2D eigenvalue weighted by molar-refractivity contribution is 7.99. The Morgan fingerprint density at radius 3 is 2.21 bits per heavy atom. The zero-order chi connectivity index (χ0) is 24.1. The lowest BCUT2D eigenvalue weighted by Gasteiger charge is -2.15. The van der Waals surface area contributed by atoms with Crippen molar-refractivity contribution in [2.45, 2.75) is 23.9 Å². The third-order valence-electron chi connectivity index (χ3n) is 5.01. The number of halogens is 2. The van der Waals surface area contributed by atoms with E-state index in [0.717, 1.165) is 11.1 Å². The van der Waals surface area contributed by atoms with Gasteiger partial charge in [0.05, 0.1) is 0 Å². The molecule has 0 bridgehead atoms. The van der Waals surface area contributed by atoms with Gasteiger partial charge in [-0.1, -0.05) is 36.0 Å². The summed E-state index contributed by atoms with van der Waals surface area (Å²) in [6.45, 7) is 1.71. The molecule has 0 radical (unpaired) electrons. The fraction of sp³-hybridized carbons (Fsp3) is 0.167. The lowest BCUT2D eigenvalue weighted by atomic mass is 10.1. The van der Waals surface area contributed by atoms with E-state index in [0.29, 0.717) is 22.4 Å². The lowest BCUT2D eigenvalue weighted by Crippen LogP contribution is -2.11. The molecule has 1 atom stereocenters. The van der Waals surface area contributed by atoms with E-state index in [1.54, 1.807) is 60.0 Å². The van der Waals surface area contributed by atoms with Crippen LogP contribution in [-0.2, 0) is 6.61 Å². The average Bonchev–Trinajstić information content (AvgIpc) is 3.19. The van der Waals surface area contributed by atoms with E-state index in [2.05, 4.69) is 10.2 Å². The first-order chi connectivity index (χ1) is 16.4. The molecule has 0 saturated heterocycles. The Kier molecular flexibility index (Phi) is 7.17. The first-order valence-corrected chi connectivity index (χ1v) is 11.2. The molecule has 1 heterocycles. The third-order valence-corrected chi connectivity index (χ3v) is 6.19. The molecule has 1 aromatic heterocycles. The van der Waals surface area contributed by atoms with Crippen LogP contribution in [0.15, 0.2) is 78.0 Å². The van der Waals surface area contributed by atoms with E-state index in [1.807, 2.05) is 0 Å². The van der Waals surface area contributed by atoms with Crippen molar-refractivity contribution in [3.8, 4) is 11.4 Å². The Hall–Kier alpha value is -3.79. The monoisotopic (exact) mass is 482 g/mol. The lowest BCUT2D eigenvalue weighted by molar-refractivity contribution is -0.479. The maximum Gasteiger partial charge on any atom is 0.220 e. The van der Waals surface area contributed by atoms with Crippen molar-refractivity contribution in [3.63, 3.8) is 0 Å². The molecule has 0 saturated carbocycles. The molecule has 0 fully saturated rings. The van der Waals surface area contributed by atoms with Crippen LogP contribution >= 0.6 is 11.8 Å². The summed E-state index contributed by atoms with van der Waals surface area (Å²) in [5, 5.41) is 19.6. The predicted molar refractivity (Wildman–Crippen MR) is 124 cm³/mol. The summed E-state index contributed by atoms with van der Waals surface area (Å²) in [6, 6.07) is 18.9. The number of thioether (sulfide) groups is 1. The van der Waals surface area contributed by atoms with Crippen molar-refractivity contribution >= 4 is 11.8 Å².